The molecule has 0 saturated carbocycles. The van der Waals surface area contributed by atoms with E-state index in [-0.39, 0.29) is 35.1 Å². The van der Waals surface area contributed by atoms with Crippen molar-refractivity contribution < 1.29 is 27.6 Å². The molecule has 0 aliphatic carbocycles. The molecule has 35 heavy (non-hydrogen) atoms. The first-order valence-electron chi connectivity index (χ1n) is 11.9. The standard InChI is InChI=1S/C26H26F3N3O3/c27-26(28,29)19-8-3-6-17(14-19)15-32-24(34)20-9-4-10-21(22(20)25(32)35)31-13-5-7-18(16-31)23(33)30-11-1-2-12-30/h3-4,6,8-10,14,18H,1-2,5,7,11-13,15-16H2. The molecule has 5 rings (SSSR count). The fraction of sp³-hybridized carbons (Fsp3) is 0.423. The van der Waals surface area contributed by atoms with Crippen LogP contribution in [0.5, 0.6) is 0 Å². The van der Waals surface area contributed by atoms with Crippen molar-refractivity contribution in [1.29, 1.82) is 0 Å². The number of fused-ring (bicyclic) bond motifs is 1. The molecular weight excluding hydrogens is 459 g/mol. The topological polar surface area (TPSA) is 60.9 Å². The summed E-state index contributed by atoms with van der Waals surface area (Å²) in [6.07, 6.45) is -0.888. The quantitative estimate of drug-likeness (QED) is 0.605. The van der Waals surface area contributed by atoms with Crippen molar-refractivity contribution in [2.75, 3.05) is 31.1 Å². The number of alkyl halides is 3. The molecule has 0 bridgehead atoms. The number of nitrogens with zero attached hydrogens (tertiary/aromatic N) is 3. The van der Waals surface area contributed by atoms with Crippen LogP contribution in [0.15, 0.2) is 42.5 Å². The van der Waals surface area contributed by atoms with Gasteiger partial charge in [-0.3, -0.25) is 19.3 Å². The predicted octanol–water partition coefficient (Wildman–Crippen LogP) is 4.34. The van der Waals surface area contributed by atoms with Crippen molar-refractivity contribution in [1.82, 2.24) is 9.80 Å². The Labute approximate surface area is 201 Å². The van der Waals surface area contributed by atoms with Crippen LogP contribution in [-0.2, 0) is 17.5 Å². The first kappa shape index (κ1) is 23.4. The normalized spacial score (nSPS) is 20.5. The minimum Gasteiger partial charge on any atom is -0.370 e. The second kappa shape index (κ2) is 9.02. The zero-order valence-corrected chi connectivity index (χ0v) is 19.2. The lowest BCUT2D eigenvalue weighted by molar-refractivity contribution is -0.137. The molecule has 184 valence electrons. The maximum Gasteiger partial charge on any atom is 0.416 e. The van der Waals surface area contributed by atoms with Crippen molar-refractivity contribution in [3.05, 3.63) is 64.7 Å². The van der Waals surface area contributed by atoms with E-state index in [1.165, 1.54) is 12.1 Å². The molecule has 0 aromatic heterocycles. The Morgan fingerprint density at radius 3 is 2.43 bits per heavy atom. The Bertz CT molecular complexity index is 1170. The van der Waals surface area contributed by atoms with Crippen molar-refractivity contribution in [2.24, 2.45) is 5.92 Å². The van der Waals surface area contributed by atoms with Gasteiger partial charge in [-0.15, -0.1) is 0 Å². The van der Waals surface area contributed by atoms with Crippen molar-refractivity contribution >= 4 is 23.4 Å². The number of piperidine rings is 1. The maximum atomic E-state index is 13.4. The second-order valence-electron chi connectivity index (χ2n) is 9.41. The van der Waals surface area contributed by atoms with Crippen LogP contribution in [0.1, 0.15) is 57.5 Å². The molecule has 0 radical (unpaired) electrons. The molecule has 1 atom stereocenters. The maximum absolute atomic E-state index is 13.4. The number of carbonyl (C=O) groups is 3. The number of hydrogen-bond donors (Lipinski definition) is 0. The highest BCUT2D eigenvalue weighted by Gasteiger charge is 2.40. The molecule has 3 heterocycles. The Kier molecular flexibility index (Phi) is 6.02. The van der Waals surface area contributed by atoms with E-state index < -0.39 is 23.6 Å². The van der Waals surface area contributed by atoms with Crippen molar-refractivity contribution in [3.8, 4) is 0 Å². The average Bonchev–Trinajstić information content (AvgIpc) is 3.47. The van der Waals surface area contributed by atoms with Crippen LogP contribution >= 0.6 is 0 Å². The Balaban J connectivity index is 1.38. The number of likely N-dealkylation sites (tertiary alicyclic amines) is 1. The SMILES string of the molecule is O=C(C1CCCN(c2cccc3c2C(=O)N(Cc2cccc(C(F)(F)F)c2)C3=O)C1)N1CCCC1. The summed E-state index contributed by atoms with van der Waals surface area (Å²) in [4.78, 5) is 44.3. The number of anilines is 1. The zero-order valence-electron chi connectivity index (χ0n) is 19.2. The van der Waals surface area contributed by atoms with Crippen LogP contribution in [-0.4, -0.2) is 53.7 Å². The third-order valence-corrected chi connectivity index (χ3v) is 7.10. The van der Waals surface area contributed by atoms with Gasteiger partial charge >= 0.3 is 6.18 Å². The number of hydrogen-bond acceptors (Lipinski definition) is 4. The monoisotopic (exact) mass is 485 g/mol. The summed E-state index contributed by atoms with van der Waals surface area (Å²) in [5.41, 5.74) is 0.511. The molecule has 3 amide bonds. The molecule has 0 N–H and O–H groups in total. The molecular formula is C26H26F3N3O3. The molecule has 2 saturated heterocycles. The van der Waals surface area contributed by atoms with Gasteiger partial charge in [0.05, 0.1) is 34.8 Å². The summed E-state index contributed by atoms with van der Waals surface area (Å²) < 4.78 is 39.3. The number of rotatable bonds is 4. The van der Waals surface area contributed by atoms with Crippen LogP contribution in [0, 0.1) is 5.92 Å². The van der Waals surface area contributed by atoms with Gasteiger partial charge in [0.25, 0.3) is 11.8 Å². The number of amides is 3. The van der Waals surface area contributed by atoms with Crippen molar-refractivity contribution in [3.63, 3.8) is 0 Å². The lowest BCUT2D eigenvalue weighted by Gasteiger charge is -2.36. The number of halogens is 3. The molecule has 9 heteroatoms. The second-order valence-corrected chi connectivity index (χ2v) is 9.41. The van der Waals surface area contributed by atoms with Gasteiger partial charge in [-0.05, 0) is 55.5 Å². The van der Waals surface area contributed by atoms with E-state index >= 15 is 0 Å². The van der Waals surface area contributed by atoms with E-state index in [2.05, 4.69) is 0 Å². The fourth-order valence-electron chi connectivity index (χ4n) is 5.34. The number of carbonyl (C=O) groups excluding carboxylic acids is 3. The van der Waals surface area contributed by atoms with Gasteiger partial charge in [0.2, 0.25) is 5.91 Å². The highest BCUT2D eigenvalue weighted by Crippen LogP contribution is 2.36. The van der Waals surface area contributed by atoms with E-state index in [9.17, 15) is 27.6 Å². The third kappa shape index (κ3) is 4.39. The van der Waals surface area contributed by atoms with Gasteiger partial charge in [-0.2, -0.15) is 13.2 Å². The van der Waals surface area contributed by atoms with Gasteiger partial charge in [0, 0.05) is 26.2 Å². The van der Waals surface area contributed by atoms with Crippen LogP contribution in [0.2, 0.25) is 0 Å². The predicted molar refractivity (Wildman–Crippen MR) is 123 cm³/mol. The van der Waals surface area contributed by atoms with E-state index in [0.717, 1.165) is 55.8 Å². The molecule has 2 aromatic carbocycles. The smallest absolute Gasteiger partial charge is 0.370 e. The van der Waals surface area contributed by atoms with Crippen LogP contribution in [0.3, 0.4) is 0 Å². The van der Waals surface area contributed by atoms with E-state index in [0.29, 0.717) is 18.8 Å². The Hall–Kier alpha value is -3.36. The van der Waals surface area contributed by atoms with Gasteiger partial charge in [-0.25, -0.2) is 0 Å². The molecule has 3 aliphatic rings. The lowest BCUT2D eigenvalue weighted by Crippen LogP contribution is -2.44. The molecule has 3 aliphatic heterocycles. The summed E-state index contributed by atoms with van der Waals surface area (Å²) in [6.45, 7) is 2.46. The highest BCUT2D eigenvalue weighted by molar-refractivity contribution is 6.23. The number of imide groups is 1. The fourth-order valence-corrected chi connectivity index (χ4v) is 5.34. The molecule has 6 nitrogen and oxygen atoms in total. The summed E-state index contributed by atoms with van der Waals surface area (Å²) in [5.74, 6) is -1.06. The molecule has 2 aromatic rings. The van der Waals surface area contributed by atoms with Gasteiger partial charge in [0.1, 0.15) is 0 Å². The summed E-state index contributed by atoms with van der Waals surface area (Å²) >= 11 is 0. The average molecular weight is 486 g/mol. The van der Waals surface area contributed by atoms with Gasteiger partial charge in [-0.1, -0.05) is 18.2 Å². The molecule has 1 unspecified atom stereocenters. The third-order valence-electron chi connectivity index (χ3n) is 7.10. The Morgan fingerprint density at radius 1 is 0.943 bits per heavy atom. The van der Waals surface area contributed by atoms with E-state index in [1.54, 1.807) is 18.2 Å². The van der Waals surface area contributed by atoms with Gasteiger partial charge in [0.15, 0.2) is 0 Å². The van der Waals surface area contributed by atoms with Crippen molar-refractivity contribution in [2.45, 2.75) is 38.4 Å². The summed E-state index contributed by atoms with van der Waals surface area (Å²) in [5, 5.41) is 0. The largest absolute Gasteiger partial charge is 0.416 e. The van der Waals surface area contributed by atoms with E-state index in [4.69, 9.17) is 0 Å². The minimum absolute atomic E-state index is 0.147. The molecule has 0 spiro atoms. The lowest BCUT2D eigenvalue weighted by atomic mass is 9.95. The highest BCUT2D eigenvalue weighted by atomic mass is 19.4. The van der Waals surface area contributed by atoms with Crippen LogP contribution < -0.4 is 4.90 Å². The van der Waals surface area contributed by atoms with Gasteiger partial charge < -0.3 is 9.80 Å². The summed E-state index contributed by atoms with van der Waals surface area (Å²) in [6, 6.07) is 9.72. The Morgan fingerprint density at radius 2 is 1.69 bits per heavy atom. The first-order valence-corrected chi connectivity index (χ1v) is 11.9. The van der Waals surface area contributed by atoms with E-state index in [1.807, 2.05) is 9.80 Å². The molecule has 2 fully saturated rings. The van der Waals surface area contributed by atoms with Crippen LogP contribution in [0.4, 0.5) is 18.9 Å². The summed E-state index contributed by atoms with van der Waals surface area (Å²) in [7, 11) is 0. The first-order chi connectivity index (χ1) is 16.7. The number of benzene rings is 2. The zero-order chi connectivity index (χ0) is 24.7. The van der Waals surface area contributed by atoms with Crippen LogP contribution in [0.25, 0.3) is 0 Å². The minimum atomic E-state index is -4.51.